The standard InChI is InChI=1S/C12H14ClNO/c1-9-4-3-7-14(9)12-6-2-5-11(13)10(12)8-15/h2,5-6,8-9H,3-4,7H2,1H3. The van der Waals surface area contributed by atoms with E-state index in [2.05, 4.69) is 11.8 Å². The molecule has 1 saturated heterocycles. The van der Waals surface area contributed by atoms with Gasteiger partial charge in [0.05, 0.1) is 10.6 Å². The minimum Gasteiger partial charge on any atom is -0.368 e. The molecule has 80 valence electrons. The van der Waals surface area contributed by atoms with Crippen LogP contribution in [0.25, 0.3) is 0 Å². The number of carbonyl (C=O) groups is 1. The van der Waals surface area contributed by atoms with Gasteiger partial charge in [-0.05, 0) is 31.9 Å². The van der Waals surface area contributed by atoms with Crippen molar-refractivity contribution in [2.75, 3.05) is 11.4 Å². The molecule has 15 heavy (non-hydrogen) atoms. The molecule has 3 heteroatoms. The lowest BCUT2D eigenvalue weighted by molar-refractivity contribution is 0.112. The molecule has 0 aliphatic carbocycles. The third-order valence-corrected chi connectivity index (χ3v) is 3.34. The van der Waals surface area contributed by atoms with E-state index in [0.29, 0.717) is 16.6 Å². The molecule has 0 bridgehead atoms. The van der Waals surface area contributed by atoms with Crippen molar-refractivity contribution in [3.63, 3.8) is 0 Å². The second-order valence-electron chi connectivity index (χ2n) is 3.98. The fraction of sp³-hybridized carbons (Fsp3) is 0.417. The zero-order valence-corrected chi connectivity index (χ0v) is 9.50. The molecule has 0 aromatic heterocycles. The largest absolute Gasteiger partial charge is 0.368 e. The molecule has 1 aromatic carbocycles. The van der Waals surface area contributed by atoms with Gasteiger partial charge in [0.2, 0.25) is 0 Å². The molecule has 0 spiro atoms. The van der Waals surface area contributed by atoms with Crippen molar-refractivity contribution < 1.29 is 4.79 Å². The van der Waals surface area contributed by atoms with Crippen molar-refractivity contribution in [2.24, 2.45) is 0 Å². The first-order chi connectivity index (χ1) is 7.24. The third kappa shape index (κ3) is 1.86. The number of halogens is 1. The molecule has 2 nitrogen and oxygen atoms in total. The van der Waals surface area contributed by atoms with Crippen LogP contribution >= 0.6 is 11.6 Å². The van der Waals surface area contributed by atoms with Crippen LogP contribution in [0.5, 0.6) is 0 Å². The third-order valence-electron chi connectivity index (χ3n) is 3.01. The van der Waals surface area contributed by atoms with Gasteiger partial charge in [0.1, 0.15) is 0 Å². The van der Waals surface area contributed by atoms with Crippen LogP contribution in [0.3, 0.4) is 0 Å². The van der Waals surface area contributed by atoms with Gasteiger partial charge in [0, 0.05) is 18.3 Å². The lowest BCUT2D eigenvalue weighted by Gasteiger charge is -2.25. The van der Waals surface area contributed by atoms with Crippen molar-refractivity contribution in [1.82, 2.24) is 0 Å². The number of hydrogen-bond donors (Lipinski definition) is 0. The summed E-state index contributed by atoms with van der Waals surface area (Å²) in [5, 5.41) is 0.543. The summed E-state index contributed by atoms with van der Waals surface area (Å²) in [6.45, 7) is 3.20. The van der Waals surface area contributed by atoms with E-state index in [1.54, 1.807) is 6.07 Å². The van der Waals surface area contributed by atoms with E-state index in [1.165, 1.54) is 12.8 Å². The maximum absolute atomic E-state index is 11.0. The van der Waals surface area contributed by atoms with Gasteiger partial charge >= 0.3 is 0 Å². The van der Waals surface area contributed by atoms with Crippen LogP contribution in [-0.2, 0) is 0 Å². The molecule has 1 heterocycles. The zero-order valence-electron chi connectivity index (χ0n) is 8.74. The fourth-order valence-electron chi connectivity index (χ4n) is 2.18. The molecule has 0 amide bonds. The van der Waals surface area contributed by atoms with Crippen molar-refractivity contribution in [2.45, 2.75) is 25.8 Å². The van der Waals surface area contributed by atoms with Gasteiger partial charge in [-0.3, -0.25) is 4.79 Å². The Hall–Kier alpha value is -1.02. The van der Waals surface area contributed by atoms with Crippen molar-refractivity contribution in [1.29, 1.82) is 0 Å². The monoisotopic (exact) mass is 223 g/mol. The van der Waals surface area contributed by atoms with Crippen LogP contribution in [0.4, 0.5) is 5.69 Å². The predicted octanol–water partition coefficient (Wildman–Crippen LogP) is 3.14. The highest BCUT2D eigenvalue weighted by molar-refractivity contribution is 6.33. The Bertz CT molecular complexity index is 378. The van der Waals surface area contributed by atoms with Gasteiger partial charge in [-0.15, -0.1) is 0 Å². The maximum Gasteiger partial charge on any atom is 0.153 e. The van der Waals surface area contributed by atoms with Crippen LogP contribution in [0, 0.1) is 0 Å². The maximum atomic E-state index is 11.0. The number of aldehydes is 1. The number of carbonyl (C=O) groups excluding carboxylic acids is 1. The Labute approximate surface area is 94.8 Å². The minimum atomic E-state index is 0.502. The van der Waals surface area contributed by atoms with E-state index >= 15 is 0 Å². The van der Waals surface area contributed by atoms with Crippen molar-refractivity contribution >= 4 is 23.6 Å². The van der Waals surface area contributed by atoms with Gasteiger partial charge in [-0.1, -0.05) is 17.7 Å². The predicted molar refractivity (Wildman–Crippen MR) is 62.9 cm³/mol. The Morgan fingerprint density at radius 1 is 1.53 bits per heavy atom. The van der Waals surface area contributed by atoms with Gasteiger partial charge in [-0.25, -0.2) is 0 Å². The summed E-state index contributed by atoms with van der Waals surface area (Å²) >= 11 is 6.00. The van der Waals surface area contributed by atoms with Crippen molar-refractivity contribution in [3.8, 4) is 0 Å². The van der Waals surface area contributed by atoms with E-state index in [-0.39, 0.29) is 0 Å². The number of anilines is 1. The van der Waals surface area contributed by atoms with Crippen molar-refractivity contribution in [3.05, 3.63) is 28.8 Å². The number of rotatable bonds is 2. The molecule has 0 saturated carbocycles. The first-order valence-electron chi connectivity index (χ1n) is 5.24. The Kier molecular flexibility index (Phi) is 2.96. The van der Waals surface area contributed by atoms with Gasteiger partial charge in [-0.2, -0.15) is 0 Å². The minimum absolute atomic E-state index is 0.502. The number of benzene rings is 1. The summed E-state index contributed by atoms with van der Waals surface area (Å²) in [5.41, 5.74) is 1.59. The highest BCUT2D eigenvalue weighted by Crippen LogP contribution is 2.31. The van der Waals surface area contributed by atoms with E-state index < -0.39 is 0 Å². The zero-order chi connectivity index (χ0) is 10.8. The summed E-state index contributed by atoms with van der Waals surface area (Å²) in [4.78, 5) is 13.3. The van der Waals surface area contributed by atoms with E-state index in [1.807, 2.05) is 12.1 Å². The second kappa shape index (κ2) is 4.23. The molecular weight excluding hydrogens is 210 g/mol. The second-order valence-corrected chi connectivity index (χ2v) is 4.38. The van der Waals surface area contributed by atoms with Gasteiger partial charge in [0.15, 0.2) is 6.29 Å². The normalized spacial score (nSPS) is 20.7. The summed E-state index contributed by atoms with van der Waals surface area (Å²) in [6.07, 6.45) is 3.22. The highest BCUT2D eigenvalue weighted by Gasteiger charge is 2.23. The first-order valence-corrected chi connectivity index (χ1v) is 5.62. The molecule has 2 rings (SSSR count). The summed E-state index contributed by atoms with van der Waals surface area (Å²) in [5.74, 6) is 0. The Morgan fingerprint density at radius 2 is 2.33 bits per heavy atom. The van der Waals surface area contributed by atoms with E-state index in [0.717, 1.165) is 18.5 Å². The molecule has 0 radical (unpaired) electrons. The molecule has 1 fully saturated rings. The van der Waals surface area contributed by atoms with Crippen LogP contribution in [-0.4, -0.2) is 18.9 Å². The summed E-state index contributed by atoms with van der Waals surface area (Å²) in [7, 11) is 0. The molecule has 1 aromatic rings. The SMILES string of the molecule is CC1CCCN1c1cccc(Cl)c1C=O. The van der Waals surface area contributed by atoms with Gasteiger partial charge in [0.25, 0.3) is 0 Å². The lowest BCUT2D eigenvalue weighted by Crippen LogP contribution is -2.27. The Balaban J connectivity index is 2.42. The van der Waals surface area contributed by atoms with Crippen LogP contribution in [0.1, 0.15) is 30.1 Å². The Morgan fingerprint density at radius 3 is 2.93 bits per heavy atom. The molecule has 1 aliphatic rings. The first kappa shape index (κ1) is 10.5. The average molecular weight is 224 g/mol. The fourth-order valence-corrected chi connectivity index (χ4v) is 2.40. The topological polar surface area (TPSA) is 20.3 Å². The number of hydrogen-bond acceptors (Lipinski definition) is 2. The molecule has 1 atom stereocenters. The highest BCUT2D eigenvalue weighted by atomic mass is 35.5. The molecule has 1 unspecified atom stereocenters. The van der Waals surface area contributed by atoms with Gasteiger partial charge < -0.3 is 4.90 Å². The summed E-state index contributed by atoms with van der Waals surface area (Å²) in [6, 6.07) is 6.13. The van der Waals surface area contributed by atoms with Crippen LogP contribution in [0.15, 0.2) is 18.2 Å². The summed E-state index contributed by atoms with van der Waals surface area (Å²) < 4.78 is 0. The smallest absolute Gasteiger partial charge is 0.153 e. The number of nitrogens with zero attached hydrogens (tertiary/aromatic N) is 1. The quantitative estimate of drug-likeness (QED) is 0.718. The van der Waals surface area contributed by atoms with Crippen LogP contribution < -0.4 is 4.90 Å². The lowest BCUT2D eigenvalue weighted by atomic mass is 10.1. The van der Waals surface area contributed by atoms with Crippen LogP contribution in [0.2, 0.25) is 5.02 Å². The molecule has 1 aliphatic heterocycles. The van der Waals surface area contributed by atoms with E-state index in [9.17, 15) is 4.79 Å². The van der Waals surface area contributed by atoms with E-state index in [4.69, 9.17) is 11.6 Å². The molecule has 0 N–H and O–H groups in total. The average Bonchev–Trinajstić information content (AvgIpc) is 2.64. The molecular formula is C12H14ClNO.